The van der Waals surface area contributed by atoms with Crippen molar-refractivity contribution in [2.24, 2.45) is 0 Å². The molecule has 106 valence electrons. The maximum Gasteiger partial charge on any atom is 0.252 e. The molecule has 0 radical (unpaired) electrons. The fourth-order valence-corrected chi connectivity index (χ4v) is 6.12. The Labute approximate surface area is 127 Å². The number of thioether (sulfide) groups is 1. The molecule has 1 fully saturated rings. The van der Waals surface area contributed by atoms with Crippen LogP contribution in [0.1, 0.15) is 12.0 Å². The first-order valence-electron chi connectivity index (χ1n) is 6.43. The second kappa shape index (κ2) is 5.89. The molecule has 3 rings (SSSR count). The number of hydrogen-bond donors (Lipinski definition) is 0. The van der Waals surface area contributed by atoms with E-state index in [1.165, 1.54) is 16.9 Å². The zero-order valence-corrected chi connectivity index (χ0v) is 13.3. The Kier molecular flexibility index (Phi) is 4.16. The molecule has 1 aromatic carbocycles. The van der Waals surface area contributed by atoms with E-state index in [4.69, 9.17) is 0 Å². The molecule has 0 saturated carbocycles. The van der Waals surface area contributed by atoms with Crippen LogP contribution in [0, 0.1) is 0 Å². The molecule has 0 amide bonds. The molecule has 1 aromatic heterocycles. The smallest absolute Gasteiger partial charge is 0.206 e. The van der Waals surface area contributed by atoms with Crippen molar-refractivity contribution in [3.05, 3.63) is 48.0 Å². The van der Waals surface area contributed by atoms with Gasteiger partial charge in [0.1, 0.15) is 4.21 Å². The van der Waals surface area contributed by atoms with Crippen LogP contribution in [0.15, 0.2) is 50.9 Å². The van der Waals surface area contributed by atoms with Crippen LogP contribution in [0.5, 0.6) is 0 Å². The molecule has 2 aromatic rings. The first-order valence-corrected chi connectivity index (χ1v) is 9.67. The Balaban J connectivity index is 1.68. The molecule has 0 unspecified atom stereocenters. The predicted octanol–water partition coefficient (Wildman–Crippen LogP) is 3.43. The SMILES string of the molecule is O=S(=O)(c1ccc(SCc2ccccc2)s1)N1CCC1. The largest absolute Gasteiger partial charge is 0.252 e. The van der Waals surface area contributed by atoms with E-state index in [2.05, 4.69) is 12.1 Å². The first-order chi connectivity index (χ1) is 9.66. The number of sulfonamides is 1. The van der Waals surface area contributed by atoms with E-state index in [-0.39, 0.29) is 0 Å². The van der Waals surface area contributed by atoms with Crippen molar-refractivity contribution in [1.29, 1.82) is 0 Å². The van der Waals surface area contributed by atoms with E-state index < -0.39 is 10.0 Å². The summed E-state index contributed by atoms with van der Waals surface area (Å²) in [6.07, 6.45) is 0.972. The van der Waals surface area contributed by atoms with Gasteiger partial charge in [0.05, 0.1) is 4.21 Å². The van der Waals surface area contributed by atoms with E-state index >= 15 is 0 Å². The summed E-state index contributed by atoms with van der Waals surface area (Å²) in [5.41, 5.74) is 1.25. The average Bonchev–Trinajstić information content (AvgIpc) is 2.84. The molecule has 6 heteroatoms. The molecule has 1 aliphatic rings. The highest BCUT2D eigenvalue weighted by Crippen LogP contribution is 2.34. The third-order valence-corrected chi connectivity index (χ3v) is 7.94. The minimum atomic E-state index is -3.23. The van der Waals surface area contributed by atoms with Crippen molar-refractivity contribution in [2.45, 2.75) is 20.6 Å². The maximum atomic E-state index is 12.2. The van der Waals surface area contributed by atoms with Gasteiger partial charge in [-0.3, -0.25) is 0 Å². The molecule has 2 heterocycles. The maximum absolute atomic E-state index is 12.2. The second-order valence-electron chi connectivity index (χ2n) is 4.61. The van der Waals surface area contributed by atoms with E-state index in [0.29, 0.717) is 17.3 Å². The fourth-order valence-electron chi connectivity index (χ4n) is 1.90. The summed E-state index contributed by atoms with van der Waals surface area (Å²) in [6, 6.07) is 13.8. The van der Waals surface area contributed by atoms with Crippen molar-refractivity contribution >= 4 is 33.1 Å². The van der Waals surface area contributed by atoms with Gasteiger partial charge < -0.3 is 0 Å². The summed E-state index contributed by atoms with van der Waals surface area (Å²) >= 11 is 3.05. The van der Waals surface area contributed by atoms with Crippen LogP contribution in [-0.4, -0.2) is 25.8 Å². The number of rotatable bonds is 5. The number of benzene rings is 1. The van der Waals surface area contributed by atoms with Crippen molar-refractivity contribution in [3.63, 3.8) is 0 Å². The number of nitrogens with zero attached hydrogens (tertiary/aromatic N) is 1. The molecular weight excluding hydrogens is 310 g/mol. The zero-order chi connectivity index (χ0) is 14.0. The van der Waals surface area contributed by atoms with Gasteiger partial charge in [0.25, 0.3) is 10.0 Å². The average molecular weight is 325 g/mol. The van der Waals surface area contributed by atoms with Gasteiger partial charge in [-0.1, -0.05) is 30.3 Å². The van der Waals surface area contributed by atoms with Crippen LogP contribution in [-0.2, 0) is 15.8 Å². The standard InChI is InChI=1S/C14H15NO2S3/c16-20(17,15-9-4-10-15)14-8-7-13(19-14)18-11-12-5-2-1-3-6-12/h1-3,5-8H,4,9-11H2. The van der Waals surface area contributed by atoms with Gasteiger partial charge in [0.2, 0.25) is 0 Å². The zero-order valence-electron chi connectivity index (χ0n) is 10.9. The van der Waals surface area contributed by atoms with Crippen molar-refractivity contribution < 1.29 is 8.42 Å². The molecule has 0 atom stereocenters. The van der Waals surface area contributed by atoms with Gasteiger partial charge in [0, 0.05) is 18.8 Å². The second-order valence-corrected chi connectivity index (χ2v) is 9.13. The monoisotopic (exact) mass is 325 g/mol. The lowest BCUT2D eigenvalue weighted by molar-refractivity contribution is 0.310. The van der Waals surface area contributed by atoms with Gasteiger partial charge in [-0.2, -0.15) is 4.31 Å². The number of hydrogen-bond acceptors (Lipinski definition) is 4. The molecule has 0 bridgehead atoms. The summed E-state index contributed by atoms with van der Waals surface area (Å²) in [7, 11) is -3.23. The van der Waals surface area contributed by atoms with Gasteiger partial charge in [-0.15, -0.1) is 23.1 Å². The van der Waals surface area contributed by atoms with Gasteiger partial charge in [0.15, 0.2) is 0 Å². The van der Waals surface area contributed by atoms with Crippen molar-refractivity contribution in [1.82, 2.24) is 4.31 Å². The Bertz CT molecular complexity index is 675. The van der Waals surface area contributed by atoms with Gasteiger partial charge in [-0.05, 0) is 24.1 Å². The third-order valence-electron chi connectivity index (χ3n) is 3.19. The number of thiophene rings is 1. The first kappa shape index (κ1) is 14.1. The molecule has 0 aliphatic carbocycles. The van der Waals surface area contributed by atoms with Crippen molar-refractivity contribution in [3.8, 4) is 0 Å². The van der Waals surface area contributed by atoms with Gasteiger partial charge >= 0.3 is 0 Å². The Morgan fingerprint density at radius 3 is 2.50 bits per heavy atom. The van der Waals surface area contributed by atoms with Crippen LogP contribution in [0.2, 0.25) is 0 Å². The molecule has 20 heavy (non-hydrogen) atoms. The van der Waals surface area contributed by atoms with Crippen LogP contribution in [0.25, 0.3) is 0 Å². The normalized spacial score (nSPS) is 16.0. The minimum Gasteiger partial charge on any atom is -0.206 e. The fraction of sp³-hybridized carbons (Fsp3) is 0.286. The van der Waals surface area contributed by atoms with Crippen LogP contribution in [0.3, 0.4) is 0 Å². The molecule has 1 saturated heterocycles. The van der Waals surface area contributed by atoms with Crippen LogP contribution >= 0.6 is 23.1 Å². The lowest BCUT2D eigenvalue weighted by Crippen LogP contribution is -2.41. The van der Waals surface area contributed by atoms with Crippen LogP contribution in [0.4, 0.5) is 0 Å². The topological polar surface area (TPSA) is 37.4 Å². The highest BCUT2D eigenvalue weighted by atomic mass is 32.3. The van der Waals surface area contributed by atoms with E-state index in [1.54, 1.807) is 22.1 Å². The predicted molar refractivity (Wildman–Crippen MR) is 83.7 cm³/mol. The summed E-state index contributed by atoms with van der Waals surface area (Å²) in [6.45, 7) is 1.32. The van der Waals surface area contributed by atoms with Crippen molar-refractivity contribution in [2.75, 3.05) is 13.1 Å². The van der Waals surface area contributed by atoms with E-state index in [9.17, 15) is 8.42 Å². The summed E-state index contributed by atoms with van der Waals surface area (Å²) in [5.74, 6) is 0.866. The highest BCUT2D eigenvalue weighted by Gasteiger charge is 2.30. The summed E-state index contributed by atoms with van der Waals surface area (Å²) in [5, 5.41) is 0. The molecule has 0 spiro atoms. The van der Waals surface area contributed by atoms with E-state index in [1.807, 2.05) is 24.3 Å². The molecular formula is C14H15NO2S3. The lowest BCUT2D eigenvalue weighted by Gasteiger charge is -2.28. The Morgan fingerprint density at radius 2 is 1.85 bits per heavy atom. The highest BCUT2D eigenvalue weighted by molar-refractivity contribution is 8.00. The molecule has 1 aliphatic heterocycles. The Hall–Kier alpha value is -0.820. The third kappa shape index (κ3) is 2.93. The molecule has 0 N–H and O–H groups in total. The summed E-state index contributed by atoms with van der Waals surface area (Å²) in [4.78, 5) is 0. The van der Waals surface area contributed by atoms with Gasteiger partial charge in [-0.25, -0.2) is 8.42 Å². The van der Waals surface area contributed by atoms with Crippen LogP contribution < -0.4 is 0 Å². The minimum absolute atomic E-state index is 0.466. The quantitative estimate of drug-likeness (QED) is 0.790. The molecule has 3 nitrogen and oxygen atoms in total. The lowest BCUT2D eigenvalue weighted by atomic mass is 10.2. The Morgan fingerprint density at radius 1 is 1.10 bits per heavy atom. The summed E-state index contributed by atoms with van der Waals surface area (Å²) < 4.78 is 27.5. The van der Waals surface area contributed by atoms with E-state index in [0.717, 1.165) is 16.4 Å².